The van der Waals surface area contributed by atoms with Crippen molar-refractivity contribution in [2.45, 2.75) is 32.4 Å². The average Bonchev–Trinajstić information content (AvgIpc) is 3.15. The molecular weight excluding hydrogens is 414 g/mol. The molecule has 0 radical (unpaired) electrons. The summed E-state index contributed by atoms with van der Waals surface area (Å²) in [6.07, 6.45) is -0.535. The van der Waals surface area contributed by atoms with Crippen LogP contribution in [0.2, 0.25) is 0 Å². The Labute approximate surface area is 194 Å². The molecule has 4 rings (SSSR count). The summed E-state index contributed by atoms with van der Waals surface area (Å²) in [6, 6.07) is 25.2. The molecule has 5 nitrogen and oxygen atoms in total. The van der Waals surface area contributed by atoms with Crippen LogP contribution in [0.3, 0.4) is 0 Å². The monoisotopic (exact) mass is 443 g/mol. The predicted octanol–water partition coefficient (Wildman–Crippen LogP) is 5.64. The second-order valence-corrected chi connectivity index (χ2v) is 8.70. The number of likely N-dealkylation sites (N-methyl/N-ethyl adjacent to an activating group) is 1. The molecule has 0 bridgehead atoms. The van der Waals surface area contributed by atoms with Crippen molar-refractivity contribution in [3.63, 3.8) is 0 Å². The van der Waals surface area contributed by atoms with Gasteiger partial charge in [-0.2, -0.15) is 0 Å². The fourth-order valence-electron chi connectivity index (χ4n) is 4.50. The van der Waals surface area contributed by atoms with E-state index in [1.54, 1.807) is 7.05 Å². The molecule has 3 aromatic rings. The molecule has 0 aliphatic heterocycles. The van der Waals surface area contributed by atoms with E-state index in [0.717, 1.165) is 16.7 Å². The molecule has 0 heterocycles. The van der Waals surface area contributed by atoms with Crippen LogP contribution in [-0.2, 0) is 20.9 Å². The van der Waals surface area contributed by atoms with Gasteiger partial charge in [-0.25, -0.2) is 9.59 Å². The molecule has 0 N–H and O–H groups in total. The number of carbonyl (C=O) groups is 2. The van der Waals surface area contributed by atoms with Gasteiger partial charge in [0, 0.05) is 13.0 Å². The third-order valence-corrected chi connectivity index (χ3v) is 6.14. The Morgan fingerprint density at radius 2 is 1.36 bits per heavy atom. The van der Waals surface area contributed by atoms with Crippen LogP contribution in [0, 0.1) is 5.92 Å². The summed E-state index contributed by atoms with van der Waals surface area (Å²) in [5, 5.41) is 0. The molecule has 0 saturated carbocycles. The second-order valence-electron chi connectivity index (χ2n) is 8.70. The highest BCUT2D eigenvalue weighted by Gasteiger charge is 2.34. The summed E-state index contributed by atoms with van der Waals surface area (Å²) < 4.78 is 11.2. The lowest BCUT2D eigenvalue weighted by molar-refractivity contribution is -0.152. The van der Waals surface area contributed by atoms with Gasteiger partial charge in [0.2, 0.25) is 0 Å². The summed E-state index contributed by atoms with van der Waals surface area (Å²) in [5.41, 5.74) is 5.55. The first-order chi connectivity index (χ1) is 16.0. The highest BCUT2D eigenvalue weighted by molar-refractivity contribution is 5.82. The van der Waals surface area contributed by atoms with Crippen molar-refractivity contribution in [3.05, 3.63) is 95.6 Å². The first-order valence-electron chi connectivity index (χ1n) is 11.3. The molecule has 0 unspecified atom stereocenters. The van der Waals surface area contributed by atoms with E-state index in [4.69, 9.17) is 9.47 Å². The number of amides is 1. The Balaban J connectivity index is 1.42. The van der Waals surface area contributed by atoms with Gasteiger partial charge < -0.3 is 9.47 Å². The molecule has 1 atom stereocenters. The lowest BCUT2D eigenvalue weighted by Crippen LogP contribution is -2.47. The lowest BCUT2D eigenvalue weighted by Gasteiger charge is -2.29. The molecule has 0 spiro atoms. The van der Waals surface area contributed by atoms with Crippen molar-refractivity contribution >= 4 is 12.1 Å². The van der Waals surface area contributed by atoms with E-state index in [2.05, 4.69) is 24.3 Å². The number of ether oxygens (including phenoxy) is 2. The third-order valence-electron chi connectivity index (χ3n) is 6.14. The first kappa shape index (κ1) is 22.6. The Morgan fingerprint density at radius 1 is 0.818 bits per heavy atom. The molecule has 5 heteroatoms. The van der Waals surface area contributed by atoms with Crippen LogP contribution < -0.4 is 0 Å². The SMILES string of the molecule is CC(C)[C@@H](C(=O)OCc1ccccc1)N(C)C(=O)OCC1c2ccccc2-c2ccccc21. The van der Waals surface area contributed by atoms with Gasteiger partial charge in [0.05, 0.1) is 0 Å². The zero-order valence-electron chi connectivity index (χ0n) is 19.2. The lowest BCUT2D eigenvalue weighted by atomic mass is 9.98. The van der Waals surface area contributed by atoms with E-state index >= 15 is 0 Å². The summed E-state index contributed by atoms with van der Waals surface area (Å²) in [4.78, 5) is 27.1. The normalized spacial score (nSPS) is 13.2. The molecular formula is C28H29NO4. The summed E-state index contributed by atoms with van der Waals surface area (Å²) >= 11 is 0. The van der Waals surface area contributed by atoms with Gasteiger partial charge in [-0.05, 0) is 33.7 Å². The predicted molar refractivity (Wildman–Crippen MR) is 128 cm³/mol. The fourth-order valence-corrected chi connectivity index (χ4v) is 4.50. The number of carbonyl (C=O) groups excluding carboxylic acids is 2. The van der Waals surface area contributed by atoms with Crippen LogP contribution in [0.1, 0.15) is 36.5 Å². The number of fused-ring (bicyclic) bond motifs is 3. The maximum absolute atomic E-state index is 12.9. The highest BCUT2D eigenvalue weighted by Crippen LogP contribution is 2.44. The number of benzene rings is 3. The van der Waals surface area contributed by atoms with Crippen molar-refractivity contribution in [2.24, 2.45) is 5.92 Å². The largest absolute Gasteiger partial charge is 0.459 e. The van der Waals surface area contributed by atoms with Crippen molar-refractivity contribution in [3.8, 4) is 11.1 Å². The minimum Gasteiger partial charge on any atom is -0.459 e. The molecule has 1 aliphatic carbocycles. The Bertz CT molecular complexity index is 1080. The van der Waals surface area contributed by atoms with Crippen LogP contribution in [0.15, 0.2) is 78.9 Å². The molecule has 170 valence electrons. The van der Waals surface area contributed by atoms with Gasteiger partial charge in [0.15, 0.2) is 0 Å². The van der Waals surface area contributed by atoms with E-state index in [9.17, 15) is 9.59 Å². The maximum Gasteiger partial charge on any atom is 0.410 e. The zero-order chi connectivity index (χ0) is 23.4. The fraction of sp³-hybridized carbons (Fsp3) is 0.286. The topological polar surface area (TPSA) is 55.8 Å². The molecule has 0 fully saturated rings. The molecule has 1 aliphatic rings. The van der Waals surface area contributed by atoms with E-state index in [0.29, 0.717) is 0 Å². The Kier molecular flexibility index (Phi) is 6.78. The minimum atomic E-state index is -0.732. The van der Waals surface area contributed by atoms with Gasteiger partial charge in [0.25, 0.3) is 0 Å². The number of rotatable bonds is 7. The van der Waals surface area contributed by atoms with Gasteiger partial charge in [-0.1, -0.05) is 92.7 Å². The van der Waals surface area contributed by atoms with E-state index in [1.165, 1.54) is 16.0 Å². The van der Waals surface area contributed by atoms with Crippen LogP contribution in [0.5, 0.6) is 0 Å². The van der Waals surface area contributed by atoms with Crippen LogP contribution >= 0.6 is 0 Å². The third kappa shape index (κ3) is 4.77. The van der Waals surface area contributed by atoms with Gasteiger partial charge >= 0.3 is 12.1 Å². The van der Waals surface area contributed by atoms with E-state index < -0.39 is 18.1 Å². The van der Waals surface area contributed by atoms with Gasteiger partial charge in [-0.15, -0.1) is 0 Å². The standard InChI is InChI=1S/C28H29NO4/c1-19(2)26(27(30)32-17-20-11-5-4-6-12-20)29(3)28(31)33-18-25-23-15-9-7-13-21(23)22-14-8-10-16-24(22)25/h4-16,19,25-26H,17-18H2,1-3H3/t26-/m0/s1. The van der Waals surface area contributed by atoms with Gasteiger partial charge in [-0.3, -0.25) is 4.90 Å². The molecule has 33 heavy (non-hydrogen) atoms. The van der Waals surface area contributed by atoms with Crippen molar-refractivity contribution < 1.29 is 19.1 Å². The number of esters is 1. The van der Waals surface area contributed by atoms with E-state index in [1.807, 2.05) is 68.4 Å². The summed E-state index contributed by atoms with van der Waals surface area (Å²) in [5.74, 6) is -0.596. The van der Waals surface area contributed by atoms with Gasteiger partial charge in [0.1, 0.15) is 19.3 Å². The smallest absolute Gasteiger partial charge is 0.410 e. The molecule has 3 aromatic carbocycles. The highest BCUT2D eigenvalue weighted by atomic mass is 16.6. The van der Waals surface area contributed by atoms with Crippen LogP contribution in [-0.4, -0.2) is 36.7 Å². The quantitative estimate of drug-likeness (QED) is 0.444. The number of nitrogens with zero attached hydrogens (tertiary/aromatic N) is 1. The summed E-state index contributed by atoms with van der Waals surface area (Å²) in [7, 11) is 1.59. The van der Waals surface area contributed by atoms with Crippen molar-refractivity contribution in [1.82, 2.24) is 4.90 Å². The van der Waals surface area contributed by atoms with Crippen molar-refractivity contribution in [2.75, 3.05) is 13.7 Å². The van der Waals surface area contributed by atoms with Crippen LogP contribution in [0.4, 0.5) is 4.79 Å². The average molecular weight is 444 g/mol. The molecule has 0 aromatic heterocycles. The molecule has 0 saturated heterocycles. The summed E-state index contributed by atoms with van der Waals surface area (Å²) in [6.45, 7) is 4.16. The van der Waals surface area contributed by atoms with Crippen molar-refractivity contribution in [1.29, 1.82) is 0 Å². The Morgan fingerprint density at radius 3 is 1.94 bits per heavy atom. The second kappa shape index (κ2) is 9.90. The van der Waals surface area contributed by atoms with Crippen LogP contribution in [0.25, 0.3) is 11.1 Å². The van der Waals surface area contributed by atoms with E-state index in [-0.39, 0.29) is 25.0 Å². The number of hydrogen-bond acceptors (Lipinski definition) is 4. The first-order valence-corrected chi connectivity index (χ1v) is 11.3. The zero-order valence-corrected chi connectivity index (χ0v) is 19.2. The minimum absolute atomic E-state index is 0.0303. The maximum atomic E-state index is 12.9. The molecule has 1 amide bonds. The number of hydrogen-bond donors (Lipinski definition) is 0. The Hall–Kier alpha value is -3.60.